The van der Waals surface area contributed by atoms with Gasteiger partial charge in [0.25, 0.3) is 0 Å². The maximum absolute atomic E-state index is 13.2. The van der Waals surface area contributed by atoms with Gasteiger partial charge in [-0.25, -0.2) is 18.4 Å². The fourth-order valence-electron chi connectivity index (χ4n) is 3.64. The molecule has 1 fully saturated rings. The van der Waals surface area contributed by atoms with Crippen molar-refractivity contribution in [3.8, 4) is 0 Å². The van der Waals surface area contributed by atoms with Crippen LogP contribution in [0.25, 0.3) is 10.9 Å². The molecule has 1 amide bonds. The van der Waals surface area contributed by atoms with E-state index < -0.39 is 9.84 Å². The average Bonchev–Trinajstić information content (AvgIpc) is 3.39. The van der Waals surface area contributed by atoms with Crippen molar-refractivity contribution in [3.05, 3.63) is 46.7 Å². The summed E-state index contributed by atoms with van der Waals surface area (Å²) in [6, 6.07) is 11.4. The smallest absolute Gasteiger partial charge is 0.233 e. The summed E-state index contributed by atoms with van der Waals surface area (Å²) in [6.45, 7) is 3.17. The molecule has 31 heavy (non-hydrogen) atoms. The number of thioether (sulfide) groups is 1. The van der Waals surface area contributed by atoms with Crippen LogP contribution in [0.1, 0.15) is 18.2 Å². The normalized spacial score (nSPS) is 17.6. The zero-order valence-corrected chi connectivity index (χ0v) is 19.6. The summed E-state index contributed by atoms with van der Waals surface area (Å²) in [5.74, 6) is 0.985. The molecule has 0 saturated carbocycles. The fourth-order valence-corrected chi connectivity index (χ4v) is 6.81. The van der Waals surface area contributed by atoms with Crippen molar-refractivity contribution in [2.75, 3.05) is 29.1 Å². The van der Waals surface area contributed by atoms with E-state index in [9.17, 15) is 13.2 Å². The van der Waals surface area contributed by atoms with Crippen LogP contribution in [0.2, 0.25) is 0 Å². The van der Waals surface area contributed by atoms with Crippen LogP contribution in [-0.4, -0.2) is 59.0 Å². The van der Waals surface area contributed by atoms with Gasteiger partial charge in [0.15, 0.2) is 15.0 Å². The Hall–Kier alpha value is -2.17. The lowest BCUT2D eigenvalue weighted by molar-refractivity contribution is -0.130. The van der Waals surface area contributed by atoms with Crippen LogP contribution >= 0.6 is 23.1 Å². The van der Waals surface area contributed by atoms with E-state index in [-0.39, 0.29) is 29.2 Å². The number of thiophene rings is 1. The van der Waals surface area contributed by atoms with Gasteiger partial charge in [0, 0.05) is 22.8 Å². The molecule has 164 valence electrons. The Bertz CT molecular complexity index is 1170. The van der Waals surface area contributed by atoms with E-state index in [1.807, 2.05) is 48.7 Å². The molecule has 7 nitrogen and oxygen atoms in total. The Labute approximate surface area is 190 Å². The van der Waals surface area contributed by atoms with Crippen LogP contribution in [-0.2, 0) is 21.2 Å². The summed E-state index contributed by atoms with van der Waals surface area (Å²) in [5, 5.41) is 6.69. The molecule has 10 heteroatoms. The number of aromatic nitrogens is 2. The summed E-state index contributed by atoms with van der Waals surface area (Å²) >= 11 is 2.85. The highest BCUT2D eigenvalue weighted by Gasteiger charge is 2.34. The van der Waals surface area contributed by atoms with Crippen molar-refractivity contribution in [2.45, 2.75) is 31.1 Å². The van der Waals surface area contributed by atoms with Gasteiger partial charge in [0.05, 0.1) is 29.3 Å². The number of hydrogen-bond acceptors (Lipinski definition) is 8. The molecule has 1 unspecified atom stereocenters. The van der Waals surface area contributed by atoms with E-state index in [4.69, 9.17) is 0 Å². The number of fused-ring (bicyclic) bond motifs is 1. The molecule has 0 aliphatic carbocycles. The standard InChI is InChI=1S/C21H24N4O3S3/c1-2-22-20-17-7-3-4-8-18(17)23-21(24-20)30-13-19(26)25(12-16-6-5-10-29-16)15-9-11-31(27,28)14-15/h3-8,10,15H,2,9,11-14H2,1H3,(H,22,23,24). The Morgan fingerprint density at radius 1 is 1.26 bits per heavy atom. The van der Waals surface area contributed by atoms with Gasteiger partial charge in [-0.05, 0) is 36.9 Å². The van der Waals surface area contributed by atoms with Crippen LogP contribution in [0.4, 0.5) is 5.82 Å². The lowest BCUT2D eigenvalue weighted by Gasteiger charge is -2.27. The maximum Gasteiger partial charge on any atom is 0.233 e. The van der Waals surface area contributed by atoms with Crippen LogP contribution in [0.15, 0.2) is 46.9 Å². The molecule has 1 saturated heterocycles. The van der Waals surface area contributed by atoms with Crippen molar-refractivity contribution in [1.29, 1.82) is 0 Å². The largest absolute Gasteiger partial charge is 0.370 e. The second-order valence-corrected chi connectivity index (χ2v) is 11.6. The van der Waals surface area contributed by atoms with Crippen molar-refractivity contribution >= 4 is 55.6 Å². The average molecular weight is 477 g/mol. The topological polar surface area (TPSA) is 92.3 Å². The van der Waals surface area contributed by atoms with E-state index in [0.29, 0.717) is 18.1 Å². The third kappa shape index (κ3) is 5.36. The van der Waals surface area contributed by atoms with E-state index in [0.717, 1.165) is 28.1 Å². The molecule has 0 spiro atoms. The van der Waals surface area contributed by atoms with Gasteiger partial charge in [-0.2, -0.15) is 0 Å². The number of amides is 1. The third-order valence-corrected chi connectivity index (χ3v) is 8.57. The SMILES string of the molecule is CCNc1nc(SCC(=O)N(Cc2cccs2)C2CCS(=O)(=O)C2)nc2ccccc12. The number of rotatable bonds is 8. The molecule has 3 heterocycles. The molecule has 0 bridgehead atoms. The lowest BCUT2D eigenvalue weighted by Crippen LogP contribution is -2.41. The lowest BCUT2D eigenvalue weighted by atomic mass is 10.2. The number of carbonyl (C=O) groups is 1. The molecular weight excluding hydrogens is 452 g/mol. The fraction of sp³-hybridized carbons (Fsp3) is 0.381. The Kier molecular flexibility index (Phi) is 6.78. The minimum atomic E-state index is -3.09. The molecule has 1 N–H and O–H groups in total. The van der Waals surface area contributed by atoms with Gasteiger partial charge in [-0.15, -0.1) is 11.3 Å². The molecule has 2 aromatic heterocycles. The number of anilines is 1. The minimum Gasteiger partial charge on any atom is -0.370 e. The predicted octanol–water partition coefficient (Wildman–Crippen LogP) is 3.43. The predicted molar refractivity (Wildman–Crippen MR) is 126 cm³/mol. The zero-order chi connectivity index (χ0) is 21.8. The summed E-state index contributed by atoms with van der Waals surface area (Å²) < 4.78 is 24.0. The van der Waals surface area contributed by atoms with Gasteiger partial charge in [-0.3, -0.25) is 4.79 Å². The van der Waals surface area contributed by atoms with Crippen molar-refractivity contribution < 1.29 is 13.2 Å². The second kappa shape index (κ2) is 9.54. The zero-order valence-electron chi connectivity index (χ0n) is 17.2. The second-order valence-electron chi connectivity index (χ2n) is 7.35. The first-order chi connectivity index (χ1) is 14.9. The Morgan fingerprint density at radius 2 is 2.10 bits per heavy atom. The molecule has 0 radical (unpaired) electrons. The summed E-state index contributed by atoms with van der Waals surface area (Å²) in [5.41, 5.74) is 0.820. The minimum absolute atomic E-state index is 0.0336. The molecule has 1 aliphatic rings. The van der Waals surface area contributed by atoms with Crippen LogP contribution in [0.3, 0.4) is 0 Å². The van der Waals surface area contributed by atoms with Gasteiger partial charge < -0.3 is 10.2 Å². The third-order valence-electron chi connectivity index (χ3n) is 5.13. The number of para-hydroxylation sites is 1. The van der Waals surface area contributed by atoms with Gasteiger partial charge in [0.2, 0.25) is 5.91 Å². The number of nitrogens with one attached hydrogen (secondary N) is 1. The summed E-state index contributed by atoms with van der Waals surface area (Å²) in [7, 11) is -3.09. The van der Waals surface area contributed by atoms with Gasteiger partial charge >= 0.3 is 0 Å². The highest BCUT2D eigenvalue weighted by Crippen LogP contribution is 2.26. The molecule has 3 aromatic rings. The first-order valence-electron chi connectivity index (χ1n) is 10.1. The molecule has 1 aliphatic heterocycles. The Morgan fingerprint density at radius 3 is 2.81 bits per heavy atom. The first kappa shape index (κ1) is 22.0. The van der Waals surface area contributed by atoms with E-state index >= 15 is 0 Å². The van der Waals surface area contributed by atoms with Crippen molar-refractivity contribution in [1.82, 2.24) is 14.9 Å². The number of hydrogen-bond donors (Lipinski definition) is 1. The van der Waals surface area contributed by atoms with Crippen LogP contribution in [0, 0.1) is 0 Å². The Balaban J connectivity index is 1.52. The van der Waals surface area contributed by atoms with E-state index in [1.54, 1.807) is 16.2 Å². The quantitative estimate of drug-likeness (QED) is 0.393. The number of sulfone groups is 1. The maximum atomic E-state index is 13.2. The van der Waals surface area contributed by atoms with Gasteiger partial charge in [-0.1, -0.05) is 30.0 Å². The van der Waals surface area contributed by atoms with E-state index in [2.05, 4.69) is 15.3 Å². The monoisotopic (exact) mass is 476 g/mol. The molecular formula is C21H24N4O3S3. The molecule has 1 aromatic carbocycles. The summed E-state index contributed by atoms with van der Waals surface area (Å²) in [4.78, 5) is 25.1. The van der Waals surface area contributed by atoms with Gasteiger partial charge in [0.1, 0.15) is 5.82 Å². The van der Waals surface area contributed by atoms with Crippen LogP contribution < -0.4 is 5.32 Å². The number of carbonyl (C=O) groups excluding carboxylic acids is 1. The number of benzene rings is 1. The molecule has 4 rings (SSSR count). The molecule has 1 atom stereocenters. The first-order valence-corrected chi connectivity index (χ1v) is 13.8. The highest BCUT2D eigenvalue weighted by atomic mass is 32.2. The van der Waals surface area contributed by atoms with Crippen LogP contribution in [0.5, 0.6) is 0 Å². The summed E-state index contributed by atoms with van der Waals surface area (Å²) in [6.07, 6.45) is 0.487. The van der Waals surface area contributed by atoms with E-state index in [1.165, 1.54) is 11.8 Å². The highest BCUT2D eigenvalue weighted by molar-refractivity contribution is 7.99. The van der Waals surface area contributed by atoms with Crippen molar-refractivity contribution in [3.63, 3.8) is 0 Å². The van der Waals surface area contributed by atoms with Crippen molar-refractivity contribution in [2.24, 2.45) is 0 Å². The number of nitrogens with zero attached hydrogens (tertiary/aromatic N) is 3.